The zero-order chi connectivity index (χ0) is 22.0. The lowest BCUT2D eigenvalue weighted by Gasteiger charge is -2.10. The molecule has 0 atom stereocenters. The van der Waals surface area contributed by atoms with Crippen LogP contribution in [0, 0.1) is 5.82 Å². The van der Waals surface area contributed by atoms with Crippen molar-refractivity contribution in [3.05, 3.63) is 95.5 Å². The normalized spacial score (nSPS) is 11.6. The Labute approximate surface area is 174 Å². The molecule has 158 valence electrons. The first kappa shape index (κ1) is 20.5. The maximum absolute atomic E-state index is 13.4. The molecule has 0 aliphatic rings. The molecule has 2 heterocycles. The minimum atomic E-state index is -4.78. The molecule has 1 N–H and O–H groups in total. The van der Waals surface area contributed by atoms with E-state index < -0.39 is 23.5 Å². The average Bonchev–Trinajstić information content (AvgIpc) is 3.21. The molecule has 5 nitrogen and oxygen atoms in total. The van der Waals surface area contributed by atoms with E-state index in [1.807, 2.05) is 30.3 Å². The zero-order valence-electron chi connectivity index (χ0n) is 16.0. The molecule has 1 amide bonds. The van der Waals surface area contributed by atoms with Crippen LogP contribution < -0.4 is 5.32 Å². The van der Waals surface area contributed by atoms with Crippen molar-refractivity contribution in [1.82, 2.24) is 19.9 Å². The van der Waals surface area contributed by atoms with Gasteiger partial charge in [-0.25, -0.2) is 9.37 Å². The van der Waals surface area contributed by atoms with Gasteiger partial charge in [-0.15, -0.1) is 0 Å². The van der Waals surface area contributed by atoms with E-state index >= 15 is 0 Å². The van der Waals surface area contributed by atoms with Gasteiger partial charge in [0.2, 0.25) is 0 Å². The highest BCUT2D eigenvalue weighted by Gasteiger charge is 2.34. The van der Waals surface area contributed by atoms with Gasteiger partial charge in [-0.1, -0.05) is 24.3 Å². The van der Waals surface area contributed by atoms with Gasteiger partial charge in [0.05, 0.1) is 17.4 Å². The highest BCUT2D eigenvalue weighted by Crippen LogP contribution is 2.32. The molecule has 0 aliphatic carbocycles. The molecule has 2 aromatic heterocycles. The van der Waals surface area contributed by atoms with Crippen LogP contribution in [0.25, 0.3) is 10.9 Å². The molecule has 0 saturated carbocycles. The third kappa shape index (κ3) is 4.55. The fraction of sp³-hybridized carbons (Fsp3) is 0.136. The molecule has 9 heteroatoms. The number of aromatic nitrogens is 3. The molecule has 0 spiro atoms. The summed E-state index contributed by atoms with van der Waals surface area (Å²) in [5, 5.41) is 3.70. The van der Waals surface area contributed by atoms with Crippen molar-refractivity contribution >= 4 is 16.8 Å². The second-order valence-electron chi connectivity index (χ2n) is 6.91. The number of nitrogens with one attached hydrogen (secondary N) is 1. The number of amides is 1. The number of hydrogen-bond donors (Lipinski definition) is 1. The molecule has 0 unspecified atom stereocenters. The first-order valence-electron chi connectivity index (χ1n) is 9.29. The van der Waals surface area contributed by atoms with Crippen molar-refractivity contribution in [3.63, 3.8) is 0 Å². The van der Waals surface area contributed by atoms with Gasteiger partial charge in [0.15, 0.2) is 0 Å². The fourth-order valence-electron chi connectivity index (χ4n) is 3.25. The topological polar surface area (TPSA) is 59.8 Å². The molecule has 0 fully saturated rings. The van der Waals surface area contributed by atoms with Gasteiger partial charge in [0, 0.05) is 30.9 Å². The van der Waals surface area contributed by atoms with Crippen molar-refractivity contribution in [1.29, 1.82) is 0 Å². The lowest BCUT2D eigenvalue weighted by atomic mass is 10.1. The van der Waals surface area contributed by atoms with Gasteiger partial charge < -0.3 is 9.88 Å². The van der Waals surface area contributed by atoms with Crippen LogP contribution in [0.1, 0.15) is 27.2 Å². The largest absolute Gasteiger partial charge is 0.419 e. The molecule has 4 rings (SSSR count). The van der Waals surface area contributed by atoms with Gasteiger partial charge in [0.25, 0.3) is 5.91 Å². The van der Waals surface area contributed by atoms with Crippen LogP contribution in [0.3, 0.4) is 0 Å². The number of pyridine rings is 1. The molecule has 0 radical (unpaired) electrons. The number of fused-ring (bicyclic) bond motifs is 1. The molecular weight excluding hydrogens is 412 g/mol. The van der Waals surface area contributed by atoms with Crippen molar-refractivity contribution in [2.24, 2.45) is 0 Å². The molecule has 31 heavy (non-hydrogen) atoms. The van der Waals surface area contributed by atoms with Crippen LogP contribution in [0.15, 0.2) is 67.3 Å². The van der Waals surface area contributed by atoms with Gasteiger partial charge in [-0.2, -0.15) is 13.2 Å². The Bertz CT molecular complexity index is 1240. The van der Waals surface area contributed by atoms with Gasteiger partial charge in [-0.3, -0.25) is 9.78 Å². The number of carbonyl (C=O) groups is 1. The second kappa shape index (κ2) is 8.17. The molecule has 0 bridgehead atoms. The Morgan fingerprint density at radius 2 is 1.90 bits per heavy atom. The van der Waals surface area contributed by atoms with E-state index in [1.54, 1.807) is 6.20 Å². The van der Waals surface area contributed by atoms with E-state index in [-0.39, 0.29) is 24.3 Å². The first-order valence-corrected chi connectivity index (χ1v) is 9.29. The van der Waals surface area contributed by atoms with Crippen molar-refractivity contribution in [2.75, 3.05) is 0 Å². The lowest BCUT2D eigenvalue weighted by molar-refractivity contribution is -0.140. The number of rotatable bonds is 5. The Morgan fingerprint density at radius 1 is 1.06 bits per heavy atom. The summed E-state index contributed by atoms with van der Waals surface area (Å²) < 4.78 is 53.6. The summed E-state index contributed by atoms with van der Waals surface area (Å²) in [4.78, 5) is 20.7. The standard InChI is InChI=1S/C22H16F4N4O/c23-18-7-6-14(9-17(18)22(24,25)26)11-30-12-20(29-13-30)21(31)28-10-15-3-1-5-19-16(15)4-2-8-27-19/h1-9,12-13H,10-11H2,(H,28,31). The maximum Gasteiger partial charge on any atom is 0.419 e. The molecule has 4 aromatic rings. The van der Waals surface area contributed by atoms with Crippen LogP contribution in [0.2, 0.25) is 0 Å². The third-order valence-corrected chi connectivity index (χ3v) is 4.74. The molecule has 2 aromatic carbocycles. The van der Waals surface area contributed by atoms with E-state index in [0.29, 0.717) is 0 Å². The predicted molar refractivity (Wildman–Crippen MR) is 106 cm³/mol. The number of nitrogens with zero attached hydrogens (tertiary/aromatic N) is 3. The summed E-state index contributed by atoms with van der Waals surface area (Å²) in [5.74, 6) is -1.75. The van der Waals surface area contributed by atoms with Crippen LogP contribution >= 0.6 is 0 Å². The smallest absolute Gasteiger partial charge is 0.347 e. The van der Waals surface area contributed by atoms with Crippen LogP contribution in [-0.2, 0) is 19.3 Å². The number of benzene rings is 2. The third-order valence-electron chi connectivity index (χ3n) is 4.74. The minimum absolute atomic E-state index is 0.0125. The highest BCUT2D eigenvalue weighted by molar-refractivity contribution is 5.92. The monoisotopic (exact) mass is 428 g/mol. The molecular formula is C22H16F4N4O. The highest BCUT2D eigenvalue weighted by atomic mass is 19.4. The lowest BCUT2D eigenvalue weighted by Crippen LogP contribution is -2.23. The quantitative estimate of drug-likeness (QED) is 0.474. The van der Waals surface area contributed by atoms with E-state index in [0.717, 1.165) is 28.6 Å². The van der Waals surface area contributed by atoms with Crippen molar-refractivity contribution in [3.8, 4) is 0 Å². The first-order chi connectivity index (χ1) is 14.8. The number of hydrogen-bond acceptors (Lipinski definition) is 3. The van der Waals surface area contributed by atoms with Crippen LogP contribution in [-0.4, -0.2) is 20.4 Å². The zero-order valence-corrected chi connectivity index (χ0v) is 16.0. The summed E-state index contributed by atoms with van der Waals surface area (Å²) in [6, 6.07) is 12.1. The Hall–Kier alpha value is -3.75. The molecule has 0 saturated heterocycles. The maximum atomic E-state index is 13.4. The summed E-state index contributed by atoms with van der Waals surface area (Å²) in [7, 11) is 0. The number of halogens is 4. The average molecular weight is 428 g/mol. The Kier molecular flexibility index (Phi) is 5.41. The SMILES string of the molecule is O=C(NCc1cccc2ncccc12)c1cn(Cc2ccc(F)c(C(F)(F)F)c2)cn1. The summed E-state index contributed by atoms with van der Waals surface area (Å²) >= 11 is 0. The van der Waals surface area contributed by atoms with E-state index in [9.17, 15) is 22.4 Å². The second-order valence-corrected chi connectivity index (χ2v) is 6.91. The predicted octanol–water partition coefficient (Wildman–Crippen LogP) is 4.57. The number of alkyl halides is 3. The Balaban J connectivity index is 1.44. The Morgan fingerprint density at radius 3 is 2.71 bits per heavy atom. The van der Waals surface area contributed by atoms with Gasteiger partial charge >= 0.3 is 6.18 Å². The van der Waals surface area contributed by atoms with Gasteiger partial charge in [0.1, 0.15) is 11.5 Å². The summed E-state index contributed by atoms with van der Waals surface area (Å²) in [6.07, 6.45) is -0.322. The summed E-state index contributed by atoms with van der Waals surface area (Å²) in [5.41, 5.74) is 0.742. The van der Waals surface area contributed by atoms with E-state index in [2.05, 4.69) is 15.3 Å². The van der Waals surface area contributed by atoms with E-state index in [1.165, 1.54) is 23.2 Å². The van der Waals surface area contributed by atoms with E-state index in [4.69, 9.17) is 0 Å². The minimum Gasteiger partial charge on any atom is -0.347 e. The summed E-state index contributed by atoms with van der Waals surface area (Å²) in [6.45, 7) is 0.278. The number of carbonyl (C=O) groups excluding carboxylic acids is 1. The fourth-order valence-corrected chi connectivity index (χ4v) is 3.25. The van der Waals surface area contributed by atoms with Crippen LogP contribution in [0.5, 0.6) is 0 Å². The van der Waals surface area contributed by atoms with Crippen molar-refractivity contribution in [2.45, 2.75) is 19.3 Å². The molecule has 0 aliphatic heterocycles. The van der Waals surface area contributed by atoms with Crippen LogP contribution in [0.4, 0.5) is 17.6 Å². The number of imidazole rings is 1. The van der Waals surface area contributed by atoms with Crippen molar-refractivity contribution < 1.29 is 22.4 Å². The van der Waals surface area contributed by atoms with Gasteiger partial charge in [-0.05, 0) is 35.4 Å².